The van der Waals surface area contributed by atoms with E-state index in [0.717, 1.165) is 4.31 Å². The zero-order chi connectivity index (χ0) is 25.9. The second kappa shape index (κ2) is 10.7. The number of piperidine rings is 1. The number of carboxylic acid groups (broad SMARTS) is 1. The van der Waals surface area contributed by atoms with Gasteiger partial charge in [-0.05, 0) is 61.7 Å². The van der Waals surface area contributed by atoms with Gasteiger partial charge in [-0.3, -0.25) is 4.79 Å². The third-order valence-corrected chi connectivity index (χ3v) is 8.17. The van der Waals surface area contributed by atoms with Gasteiger partial charge in [-0.2, -0.15) is 9.57 Å². The molecule has 0 amide bonds. The quantitative estimate of drug-likeness (QED) is 0.256. The highest BCUT2D eigenvalue weighted by molar-refractivity contribution is 7.89. The number of ether oxygens (including phenoxy) is 1. The maximum Gasteiger partial charge on any atom is 0.322 e. The number of aliphatic hydroxyl groups is 1. The number of anilines is 1. The number of hydrogen-bond acceptors (Lipinski definition) is 7. The molecule has 2 aromatic rings. The van der Waals surface area contributed by atoms with Crippen LogP contribution in [0.1, 0.15) is 30.9 Å². The number of fused-ring (bicyclic) bond motifs is 1. The number of aliphatic hydroxyl groups excluding tert-OH is 1. The molecule has 2 aromatic carbocycles. The molecule has 0 spiro atoms. The van der Waals surface area contributed by atoms with Crippen molar-refractivity contribution in [1.82, 2.24) is 9.62 Å². The lowest BCUT2D eigenvalue weighted by Gasteiger charge is -2.34. The maximum absolute atomic E-state index is 13.4. The van der Waals surface area contributed by atoms with Crippen LogP contribution in [-0.4, -0.2) is 60.2 Å². The zero-order valence-electron chi connectivity index (χ0n) is 19.0. The Balaban J connectivity index is 1.66. The molecule has 3 atom stereocenters. The van der Waals surface area contributed by atoms with Crippen molar-refractivity contribution in [2.24, 2.45) is 4.99 Å². The van der Waals surface area contributed by atoms with Crippen LogP contribution in [0.4, 0.5) is 5.69 Å². The van der Waals surface area contributed by atoms with Gasteiger partial charge in [0.05, 0.1) is 10.9 Å². The number of carbonyl (C=O) groups is 1. The third-order valence-electron chi connectivity index (χ3n) is 6.02. The molecule has 2 heterocycles. The van der Waals surface area contributed by atoms with Crippen molar-refractivity contribution in [3.63, 3.8) is 0 Å². The Morgan fingerprint density at radius 3 is 2.67 bits per heavy atom. The maximum atomic E-state index is 13.4. The molecule has 1 fully saturated rings. The molecule has 4 N–H and O–H groups in total. The summed E-state index contributed by atoms with van der Waals surface area (Å²) in [6.45, 7) is 0.0198. The normalized spacial score (nSPS) is 22.6. The molecule has 1 unspecified atom stereocenters. The molecule has 4 rings (SSSR count). The molecule has 190 valence electrons. The van der Waals surface area contributed by atoms with Crippen molar-refractivity contribution in [3.8, 4) is 11.9 Å². The Bertz CT molecular complexity index is 1310. The van der Waals surface area contributed by atoms with E-state index in [9.17, 15) is 23.4 Å². The first-order valence-corrected chi connectivity index (χ1v) is 13.0. The number of nitrogens with one attached hydrogen (secondary N) is 2. The molecule has 36 heavy (non-hydrogen) atoms. The molecule has 13 heteroatoms. The highest BCUT2D eigenvalue weighted by atomic mass is 35.5. The number of sulfonamides is 1. The molecule has 0 saturated carbocycles. The van der Waals surface area contributed by atoms with Gasteiger partial charge in [-0.1, -0.05) is 11.6 Å². The summed E-state index contributed by atoms with van der Waals surface area (Å²) in [5, 5.41) is 35.8. The van der Waals surface area contributed by atoms with Gasteiger partial charge in [0.2, 0.25) is 22.2 Å². The fourth-order valence-corrected chi connectivity index (χ4v) is 6.07. The average Bonchev–Trinajstić information content (AvgIpc) is 2.87. The van der Waals surface area contributed by atoms with Crippen LogP contribution >= 0.6 is 11.6 Å². The van der Waals surface area contributed by atoms with Crippen LogP contribution in [-0.2, 0) is 14.8 Å². The van der Waals surface area contributed by atoms with E-state index in [0.29, 0.717) is 34.9 Å². The van der Waals surface area contributed by atoms with Crippen LogP contribution in [0.2, 0.25) is 5.02 Å². The van der Waals surface area contributed by atoms with Crippen molar-refractivity contribution < 1.29 is 28.2 Å². The smallest absolute Gasteiger partial charge is 0.322 e. The lowest BCUT2D eigenvalue weighted by molar-refractivity contribution is -0.142. The topological polar surface area (TPSA) is 164 Å². The van der Waals surface area contributed by atoms with Gasteiger partial charge in [0.1, 0.15) is 24.5 Å². The molecular formula is C23H24ClN5O6S. The van der Waals surface area contributed by atoms with Gasteiger partial charge in [-0.15, -0.1) is 4.99 Å². The van der Waals surface area contributed by atoms with Crippen LogP contribution in [0.15, 0.2) is 52.4 Å². The van der Waals surface area contributed by atoms with Crippen LogP contribution < -0.4 is 15.4 Å². The number of nitrogens with zero attached hydrogens (tertiary/aromatic N) is 3. The lowest BCUT2D eigenvalue weighted by Crippen LogP contribution is -2.48. The van der Waals surface area contributed by atoms with Crippen molar-refractivity contribution in [2.75, 3.05) is 18.5 Å². The fourth-order valence-electron chi connectivity index (χ4n) is 4.25. The number of hydrogen-bond donors (Lipinski definition) is 4. The van der Waals surface area contributed by atoms with E-state index in [1.807, 2.05) is 0 Å². The van der Waals surface area contributed by atoms with E-state index in [2.05, 4.69) is 15.6 Å². The van der Waals surface area contributed by atoms with Gasteiger partial charge in [0, 0.05) is 22.8 Å². The molecule has 0 bridgehead atoms. The van der Waals surface area contributed by atoms with Gasteiger partial charge in [0.15, 0.2) is 0 Å². The van der Waals surface area contributed by atoms with Gasteiger partial charge in [-0.25, -0.2) is 8.42 Å². The minimum absolute atomic E-state index is 0.0203. The van der Waals surface area contributed by atoms with Crippen LogP contribution in [0.3, 0.4) is 0 Å². The number of rotatable bonds is 5. The van der Waals surface area contributed by atoms with Crippen molar-refractivity contribution in [2.45, 2.75) is 42.3 Å². The lowest BCUT2D eigenvalue weighted by atomic mass is 9.98. The van der Waals surface area contributed by atoms with Crippen LogP contribution in [0, 0.1) is 11.5 Å². The summed E-state index contributed by atoms with van der Waals surface area (Å²) >= 11 is 5.92. The minimum Gasteiger partial charge on any atom is -0.490 e. The van der Waals surface area contributed by atoms with E-state index < -0.39 is 34.2 Å². The summed E-state index contributed by atoms with van der Waals surface area (Å²) in [5.74, 6) is -0.833. The number of aliphatic imine (C=N–C) groups is 1. The van der Waals surface area contributed by atoms with Crippen molar-refractivity contribution in [1.29, 1.82) is 5.26 Å². The van der Waals surface area contributed by atoms with E-state index in [1.54, 1.807) is 30.5 Å². The number of halogens is 1. The summed E-state index contributed by atoms with van der Waals surface area (Å²) in [4.78, 5) is 15.3. The second-order valence-corrected chi connectivity index (χ2v) is 10.7. The highest BCUT2D eigenvalue weighted by Crippen LogP contribution is 2.36. The van der Waals surface area contributed by atoms with Crippen molar-refractivity contribution >= 4 is 39.2 Å². The van der Waals surface area contributed by atoms with Gasteiger partial charge >= 0.3 is 5.97 Å². The average molecular weight is 534 g/mol. The number of aliphatic carboxylic acids is 1. The second-order valence-electron chi connectivity index (χ2n) is 8.36. The summed E-state index contributed by atoms with van der Waals surface area (Å²) in [6, 6.07) is 8.79. The third kappa shape index (κ3) is 5.39. The van der Waals surface area contributed by atoms with E-state index in [1.165, 1.54) is 18.2 Å². The number of benzene rings is 2. The first-order valence-electron chi connectivity index (χ1n) is 11.2. The first-order chi connectivity index (χ1) is 17.2. The molecule has 11 nitrogen and oxygen atoms in total. The Labute approximate surface area is 213 Å². The first kappa shape index (κ1) is 25.7. The highest BCUT2D eigenvalue weighted by Gasteiger charge is 2.39. The summed E-state index contributed by atoms with van der Waals surface area (Å²) in [7, 11) is -4.15. The number of nitriles is 1. The fraction of sp³-hybridized carbons (Fsp3) is 0.348. The molecule has 2 aliphatic rings. The Morgan fingerprint density at radius 2 is 1.97 bits per heavy atom. The minimum atomic E-state index is -4.15. The van der Waals surface area contributed by atoms with Crippen LogP contribution in [0.5, 0.6) is 5.75 Å². The summed E-state index contributed by atoms with van der Waals surface area (Å²) in [5.41, 5.74) is 0.895. The van der Waals surface area contributed by atoms with Gasteiger partial charge < -0.3 is 25.6 Å². The van der Waals surface area contributed by atoms with Crippen LogP contribution in [0.25, 0.3) is 0 Å². The van der Waals surface area contributed by atoms with Crippen molar-refractivity contribution in [3.05, 3.63) is 53.1 Å². The predicted molar refractivity (Wildman–Crippen MR) is 131 cm³/mol. The molecule has 1 saturated heterocycles. The molecular weight excluding hydrogens is 510 g/mol. The van der Waals surface area contributed by atoms with Gasteiger partial charge in [0.25, 0.3) is 0 Å². The largest absolute Gasteiger partial charge is 0.490 e. The van der Waals surface area contributed by atoms with E-state index >= 15 is 0 Å². The summed E-state index contributed by atoms with van der Waals surface area (Å²) in [6.07, 6.45) is 2.00. The predicted octanol–water partition coefficient (Wildman–Crippen LogP) is 2.30. The SMILES string of the molecule is N#CN=C(Nc1ccc(Cl)cc1)N[C@@H]1c2cc(S(=O)(=O)N3CCCCC3C(=O)O)ccc2OC[C@H]1O. The Hall–Kier alpha value is -3.37. The molecule has 2 aliphatic heterocycles. The number of guanidine groups is 1. The summed E-state index contributed by atoms with van der Waals surface area (Å²) < 4.78 is 33.4. The molecule has 0 aromatic heterocycles. The standard InChI is InChI=1S/C23H24ClN5O6S/c24-14-4-6-15(7-5-14)27-23(26-13-25)28-21-17-11-16(8-9-20(17)35-12-19(21)30)36(33,34)29-10-2-1-3-18(29)22(31)32/h4-9,11,18-19,21,30H,1-3,10,12H2,(H,31,32)(H2,26,27,28)/t18?,19-,21-/m1/s1. The van der Waals surface area contributed by atoms with E-state index in [4.69, 9.17) is 21.6 Å². The van der Waals surface area contributed by atoms with E-state index in [-0.39, 0.29) is 30.4 Å². The Kier molecular flexibility index (Phi) is 7.65. The zero-order valence-corrected chi connectivity index (χ0v) is 20.5. The monoisotopic (exact) mass is 533 g/mol. The Morgan fingerprint density at radius 1 is 1.22 bits per heavy atom. The molecule has 0 radical (unpaired) electrons. The number of carboxylic acids is 1. The molecule has 0 aliphatic carbocycles.